The van der Waals surface area contributed by atoms with Gasteiger partial charge in [-0.15, -0.1) is 24.0 Å². The number of halogens is 1. The van der Waals surface area contributed by atoms with Crippen LogP contribution in [0.15, 0.2) is 35.3 Å². The molecule has 3 unspecified atom stereocenters. The summed E-state index contributed by atoms with van der Waals surface area (Å²) in [5, 5.41) is 3.78. The summed E-state index contributed by atoms with van der Waals surface area (Å²) in [5.41, 5.74) is 2.79. The number of nitrogens with one attached hydrogen (secondary N) is 1. The summed E-state index contributed by atoms with van der Waals surface area (Å²) in [6, 6.07) is 8.77. The molecular weight excluding hydrogens is 477 g/mol. The fourth-order valence-corrected chi connectivity index (χ4v) is 5.20. The summed E-state index contributed by atoms with van der Waals surface area (Å²) < 4.78 is 11.4. The lowest BCUT2D eigenvalue weighted by Crippen LogP contribution is -2.71. The highest BCUT2D eigenvalue weighted by Gasteiger charge is 2.58. The summed E-state index contributed by atoms with van der Waals surface area (Å²) in [4.78, 5) is 6.96. The molecule has 29 heavy (non-hydrogen) atoms. The second-order valence-electron chi connectivity index (χ2n) is 8.75. The number of benzene rings is 1. The van der Waals surface area contributed by atoms with Crippen molar-refractivity contribution in [1.29, 1.82) is 0 Å². The average Bonchev–Trinajstić information content (AvgIpc) is 2.74. The lowest BCUT2D eigenvalue weighted by Gasteiger charge is -2.60. The lowest BCUT2D eigenvalue weighted by atomic mass is 9.55. The summed E-state index contributed by atoms with van der Waals surface area (Å²) in [5.74, 6) is 2.53. The van der Waals surface area contributed by atoms with Crippen LogP contribution in [0.25, 0.3) is 5.57 Å². The molecule has 2 aliphatic heterocycles. The van der Waals surface area contributed by atoms with Crippen molar-refractivity contribution in [3.05, 3.63) is 35.9 Å². The molecule has 1 aliphatic carbocycles. The highest BCUT2D eigenvalue weighted by atomic mass is 127. The Hall–Kier alpha value is -1.28. The van der Waals surface area contributed by atoms with Crippen LogP contribution in [0.5, 0.6) is 5.75 Å². The standard InChI is InChI=1S/C23H33N3O2.HI/c1-23(2)20(19-9-6-14-28-21(19)23)25-22(24-3)26-12-10-16(11-13-26)17-7-5-8-18(15-17)27-4;/h5,7-8,10,15,19-21H,6,9,11-14H2,1-4H3,(H,24,25);1H. The topological polar surface area (TPSA) is 46.1 Å². The molecule has 6 heteroatoms. The highest BCUT2D eigenvalue weighted by Crippen LogP contribution is 2.51. The van der Waals surface area contributed by atoms with E-state index in [0.717, 1.165) is 37.8 Å². The molecule has 2 heterocycles. The molecule has 0 bridgehead atoms. The molecule has 160 valence electrons. The maximum Gasteiger partial charge on any atom is 0.194 e. The Morgan fingerprint density at radius 3 is 2.86 bits per heavy atom. The second kappa shape index (κ2) is 9.25. The molecule has 5 nitrogen and oxygen atoms in total. The summed E-state index contributed by atoms with van der Waals surface area (Å²) in [6.07, 6.45) is 6.14. The van der Waals surface area contributed by atoms with Crippen LogP contribution >= 0.6 is 24.0 Å². The first-order chi connectivity index (χ1) is 13.5. The van der Waals surface area contributed by atoms with E-state index in [-0.39, 0.29) is 29.4 Å². The van der Waals surface area contributed by atoms with Crippen LogP contribution in [0.2, 0.25) is 0 Å². The zero-order valence-corrected chi connectivity index (χ0v) is 20.3. The van der Waals surface area contributed by atoms with Gasteiger partial charge in [-0.25, -0.2) is 0 Å². The summed E-state index contributed by atoms with van der Waals surface area (Å²) >= 11 is 0. The molecule has 0 spiro atoms. The van der Waals surface area contributed by atoms with Crippen molar-refractivity contribution in [3.8, 4) is 5.75 Å². The maximum absolute atomic E-state index is 6.05. The van der Waals surface area contributed by atoms with E-state index in [1.807, 2.05) is 13.1 Å². The van der Waals surface area contributed by atoms with Gasteiger partial charge in [-0.2, -0.15) is 0 Å². The van der Waals surface area contributed by atoms with E-state index < -0.39 is 0 Å². The molecule has 2 fully saturated rings. The van der Waals surface area contributed by atoms with E-state index in [1.165, 1.54) is 24.0 Å². The first kappa shape index (κ1) is 22.4. The minimum atomic E-state index is 0. The van der Waals surface area contributed by atoms with Crippen molar-refractivity contribution < 1.29 is 9.47 Å². The molecule has 1 aromatic rings. The number of hydrogen-bond donors (Lipinski definition) is 1. The van der Waals surface area contributed by atoms with Crippen LogP contribution in [0.1, 0.15) is 38.7 Å². The summed E-state index contributed by atoms with van der Waals surface area (Å²) in [7, 11) is 3.61. The maximum atomic E-state index is 6.05. The van der Waals surface area contributed by atoms with Gasteiger partial charge in [-0.05, 0) is 42.5 Å². The van der Waals surface area contributed by atoms with E-state index in [0.29, 0.717) is 18.1 Å². The first-order valence-corrected chi connectivity index (χ1v) is 10.5. The zero-order valence-electron chi connectivity index (χ0n) is 18.0. The van der Waals surface area contributed by atoms with Crippen LogP contribution in [0.4, 0.5) is 0 Å². The SMILES string of the molecule is CN=C(NC1C2CCCOC2C1(C)C)N1CC=C(c2cccc(OC)c2)CC1.I. The molecule has 3 aliphatic rings. The van der Waals surface area contributed by atoms with Crippen LogP contribution in [0.3, 0.4) is 0 Å². The molecule has 1 N–H and O–H groups in total. The van der Waals surface area contributed by atoms with Crippen molar-refractivity contribution in [1.82, 2.24) is 10.2 Å². The van der Waals surface area contributed by atoms with Crippen molar-refractivity contribution in [2.45, 2.75) is 45.3 Å². The molecule has 1 saturated carbocycles. The largest absolute Gasteiger partial charge is 0.497 e. The monoisotopic (exact) mass is 511 g/mol. The quantitative estimate of drug-likeness (QED) is 0.376. The van der Waals surface area contributed by atoms with Crippen molar-refractivity contribution >= 4 is 35.5 Å². The Morgan fingerprint density at radius 2 is 2.17 bits per heavy atom. The van der Waals surface area contributed by atoms with E-state index >= 15 is 0 Å². The fourth-order valence-electron chi connectivity index (χ4n) is 5.20. The van der Waals surface area contributed by atoms with Gasteiger partial charge >= 0.3 is 0 Å². The number of fused-ring (bicyclic) bond motifs is 1. The van der Waals surface area contributed by atoms with Crippen molar-refractivity contribution in [2.75, 3.05) is 33.9 Å². The molecule has 1 aromatic carbocycles. The van der Waals surface area contributed by atoms with Crippen LogP contribution in [-0.4, -0.2) is 56.9 Å². The highest BCUT2D eigenvalue weighted by molar-refractivity contribution is 14.0. The van der Waals surface area contributed by atoms with Gasteiger partial charge in [-0.1, -0.05) is 32.1 Å². The van der Waals surface area contributed by atoms with Gasteiger partial charge in [0.25, 0.3) is 0 Å². The minimum absolute atomic E-state index is 0. The van der Waals surface area contributed by atoms with Crippen LogP contribution in [-0.2, 0) is 4.74 Å². The number of hydrogen-bond acceptors (Lipinski definition) is 3. The van der Waals surface area contributed by atoms with Crippen molar-refractivity contribution in [3.63, 3.8) is 0 Å². The number of ether oxygens (including phenoxy) is 2. The van der Waals surface area contributed by atoms with E-state index in [2.05, 4.69) is 53.3 Å². The van der Waals surface area contributed by atoms with Crippen LogP contribution < -0.4 is 10.1 Å². The number of methoxy groups -OCH3 is 1. The Kier molecular flexibility index (Phi) is 7.14. The molecule has 0 amide bonds. The molecule has 0 radical (unpaired) electrons. The third-order valence-corrected chi connectivity index (χ3v) is 6.78. The summed E-state index contributed by atoms with van der Waals surface area (Å²) in [6.45, 7) is 7.41. The van der Waals surface area contributed by atoms with Gasteiger partial charge in [0.2, 0.25) is 0 Å². The Bertz CT molecular complexity index is 777. The van der Waals surface area contributed by atoms with Gasteiger partial charge in [0.05, 0.1) is 13.2 Å². The lowest BCUT2D eigenvalue weighted by molar-refractivity contribution is -0.188. The van der Waals surface area contributed by atoms with Gasteiger partial charge in [0.1, 0.15) is 5.75 Å². The number of guanidine groups is 1. The first-order valence-electron chi connectivity index (χ1n) is 10.5. The van der Waals surface area contributed by atoms with E-state index in [4.69, 9.17) is 9.47 Å². The minimum Gasteiger partial charge on any atom is -0.497 e. The van der Waals surface area contributed by atoms with E-state index in [1.54, 1.807) is 7.11 Å². The van der Waals surface area contributed by atoms with Gasteiger partial charge in [-0.3, -0.25) is 4.99 Å². The molecular formula is C23H34IN3O2. The number of nitrogens with zero attached hydrogens (tertiary/aromatic N) is 2. The normalized spacial score (nSPS) is 28.4. The van der Waals surface area contributed by atoms with Crippen molar-refractivity contribution in [2.24, 2.45) is 16.3 Å². The molecule has 4 rings (SSSR count). The van der Waals surface area contributed by atoms with E-state index in [9.17, 15) is 0 Å². The van der Waals surface area contributed by atoms with Gasteiger partial charge in [0, 0.05) is 44.1 Å². The second-order valence-corrected chi connectivity index (χ2v) is 8.75. The fraction of sp³-hybridized carbons (Fsp3) is 0.609. The van der Waals surface area contributed by atoms with Gasteiger partial charge < -0.3 is 19.7 Å². The Morgan fingerprint density at radius 1 is 1.34 bits per heavy atom. The van der Waals surface area contributed by atoms with Gasteiger partial charge in [0.15, 0.2) is 5.96 Å². The third kappa shape index (κ3) is 4.29. The Balaban J connectivity index is 0.00000240. The average molecular weight is 511 g/mol. The molecule has 1 saturated heterocycles. The smallest absolute Gasteiger partial charge is 0.194 e. The van der Waals surface area contributed by atoms with Crippen LogP contribution in [0, 0.1) is 11.3 Å². The molecule has 3 atom stereocenters. The number of rotatable bonds is 3. The Labute approximate surface area is 192 Å². The predicted molar refractivity (Wildman–Crippen MR) is 129 cm³/mol. The zero-order chi connectivity index (χ0) is 19.7. The number of aliphatic imine (C=N–C) groups is 1. The third-order valence-electron chi connectivity index (χ3n) is 6.78. The predicted octanol–water partition coefficient (Wildman–Crippen LogP) is 4.18. The molecule has 0 aromatic heterocycles.